The monoisotopic (exact) mass is 294 g/mol. The van der Waals surface area contributed by atoms with Crippen LogP contribution in [0.4, 0.5) is 0 Å². The van der Waals surface area contributed by atoms with Gasteiger partial charge in [-0.05, 0) is 17.5 Å². The van der Waals surface area contributed by atoms with E-state index < -0.39 is 11.9 Å². The highest BCUT2D eigenvalue weighted by atomic mass is 16.5. The number of esters is 2. The number of carbonyl (C=O) groups is 2. The maximum Gasteiger partial charge on any atom is 0.308 e. The topological polar surface area (TPSA) is 52.6 Å². The quantitative estimate of drug-likeness (QED) is 0.409. The van der Waals surface area contributed by atoms with Gasteiger partial charge in [0.1, 0.15) is 11.5 Å². The van der Waals surface area contributed by atoms with E-state index in [0.717, 1.165) is 21.5 Å². The van der Waals surface area contributed by atoms with Crippen LogP contribution in [0.15, 0.2) is 48.5 Å². The molecule has 0 saturated heterocycles. The van der Waals surface area contributed by atoms with Crippen LogP contribution in [-0.4, -0.2) is 11.9 Å². The molecule has 3 aromatic carbocycles. The van der Waals surface area contributed by atoms with Gasteiger partial charge in [0, 0.05) is 30.0 Å². The molecule has 0 aliphatic carbocycles. The number of carbonyl (C=O) groups excluding carboxylic acids is 2. The molecule has 0 heterocycles. The third kappa shape index (κ3) is 2.51. The highest BCUT2D eigenvalue weighted by Crippen LogP contribution is 2.38. The average molecular weight is 294 g/mol. The Bertz CT molecular complexity index is 896. The number of fused-ring (bicyclic) bond motifs is 2. The Hall–Kier alpha value is -2.88. The fraction of sp³-hybridized carbons (Fsp3) is 0.111. The van der Waals surface area contributed by atoms with E-state index in [1.165, 1.54) is 13.8 Å². The van der Waals surface area contributed by atoms with Gasteiger partial charge in [-0.3, -0.25) is 9.59 Å². The molecule has 3 aromatic rings. The average Bonchev–Trinajstić information content (AvgIpc) is 2.47. The van der Waals surface area contributed by atoms with Gasteiger partial charge >= 0.3 is 11.9 Å². The van der Waals surface area contributed by atoms with Crippen LogP contribution in [0, 0.1) is 0 Å². The van der Waals surface area contributed by atoms with Crippen LogP contribution in [0.25, 0.3) is 21.5 Å². The third-order valence-corrected chi connectivity index (χ3v) is 3.32. The summed E-state index contributed by atoms with van der Waals surface area (Å²) in [5, 5.41) is 3.20. The normalized spacial score (nSPS) is 10.6. The second kappa shape index (κ2) is 5.48. The smallest absolute Gasteiger partial charge is 0.308 e. The largest absolute Gasteiger partial charge is 0.426 e. The van der Waals surface area contributed by atoms with Gasteiger partial charge in [0.05, 0.1) is 0 Å². The van der Waals surface area contributed by atoms with Crippen LogP contribution in [-0.2, 0) is 9.59 Å². The van der Waals surface area contributed by atoms with Gasteiger partial charge in [0.25, 0.3) is 0 Å². The summed E-state index contributed by atoms with van der Waals surface area (Å²) in [5.74, 6) is 0.143. The van der Waals surface area contributed by atoms with Crippen molar-refractivity contribution in [2.75, 3.05) is 0 Å². The van der Waals surface area contributed by atoms with Gasteiger partial charge in [-0.15, -0.1) is 0 Å². The Morgan fingerprint density at radius 2 is 1.45 bits per heavy atom. The van der Waals surface area contributed by atoms with Gasteiger partial charge in [-0.1, -0.05) is 36.4 Å². The maximum absolute atomic E-state index is 11.5. The van der Waals surface area contributed by atoms with Gasteiger partial charge in [0.15, 0.2) is 0 Å². The van der Waals surface area contributed by atoms with Crippen molar-refractivity contribution in [3.05, 3.63) is 48.5 Å². The van der Waals surface area contributed by atoms with Crippen LogP contribution < -0.4 is 9.47 Å². The summed E-state index contributed by atoms with van der Waals surface area (Å²) >= 11 is 0. The van der Waals surface area contributed by atoms with Gasteiger partial charge in [-0.25, -0.2) is 0 Å². The van der Waals surface area contributed by atoms with Gasteiger partial charge in [-0.2, -0.15) is 0 Å². The van der Waals surface area contributed by atoms with E-state index >= 15 is 0 Å². The minimum Gasteiger partial charge on any atom is -0.426 e. The second-order valence-electron chi connectivity index (χ2n) is 4.97. The molecule has 4 heteroatoms. The summed E-state index contributed by atoms with van der Waals surface area (Å²) < 4.78 is 10.7. The van der Waals surface area contributed by atoms with Crippen molar-refractivity contribution < 1.29 is 19.1 Å². The van der Waals surface area contributed by atoms with Crippen LogP contribution in [0.1, 0.15) is 13.8 Å². The second-order valence-corrected chi connectivity index (χ2v) is 4.97. The molecule has 0 radical (unpaired) electrons. The summed E-state index contributed by atoms with van der Waals surface area (Å²) in [6, 6.07) is 14.9. The van der Waals surface area contributed by atoms with Gasteiger partial charge in [0.2, 0.25) is 0 Å². The molecular formula is C18H14O4. The number of rotatable bonds is 2. The van der Waals surface area contributed by atoms with Crippen molar-refractivity contribution in [3.63, 3.8) is 0 Å². The summed E-state index contributed by atoms with van der Waals surface area (Å²) in [6.45, 7) is 2.72. The Morgan fingerprint density at radius 1 is 0.773 bits per heavy atom. The summed E-state index contributed by atoms with van der Waals surface area (Å²) in [7, 11) is 0. The lowest BCUT2D eigenvalue weighted by atomic mass is 10.0. The Balaban J connectivity index is 2.39. The highest BCUT2D eigenvalue weighted by molar-refractivity contribution is 6.08. The first kappa shape index (κ1) is 14.1. The molecule has 0 fully saturated rings. The highest BCUT2D eigenvalue weighted by Gasteiger charge is 2.14. The SMILES string of the molecule is CC(=O)Oc1cccc2c(OC(C)=O)c3ccccc3cc12. The van der Waals surface area contributed by atoms with Crippen LogP contribution in [0.3, 0.4) is 0 Å². The molecule has 0 saturated carbocycles. The van der Waals surface area contributed by atoms with Crippen molar-refractivity contribution in [2.45, 2.75) is 13.8 Å². The molecule has 0 aliphatic heterocycles. The number of hydrogen-bond donors (Lipinski definition) is 0. The lowest BCUT2D eigenvalue weighted by Crippen LogP contribution is -2.04. The van der Waals surface area contributed by atoms with Gasteiger partial charge < -0.3 is 9.47 Å². The molecule has 0 spiro atoms. The first-order valence-corrected chi connectivity index (χ1v) is 6.87. The molecule has 0 aliphatic rings. The standard InChI is InChI=1S/C18H14O4/c1-11(19)21-17-9-5-8-15-16(17)10-13-6-3-4-7-14(13)18(15)22-12(2)20/h3-10H,1-2H3. The molecule has 4 nitrogen and oxygen atoms in total. The summed E-state index contributed by atoms with van der Waals surface area (Å²) in [5.41, 5.74) is 0. The first-order chi connectivity index (χ1) is 10.6. The molecular weight excluding hydrogens is 280 g/mol. The Labute approximate surface area is 127 Å². The molecule has 0 amide bonds. The molecule has 0 bridgehead atoms. The molecule has 0 unspecified atom stereocenters. The Morgan fingerprint density at radius 3 is 2.18 bits per heavy atom. The van der Waals surface area contributed by atoms with Crippen molar-refractivity contribution in [3.8, 4) is 11.5 Å². The zero-order valence-electron chi connectivity index (χ0n) is 12.3. The number of ether oxygens (including phenoxy) is 2. The lowest BCUT2D eigenvalue weighted by molar-refractivity contribution is -0.132. The van der Waals surface area contributed by atoms with Crippen LogP contribution in [0.2, 0.25) is 0 Å². The molecule has 0 atom stereocenters. The van der Waals surface area contributed by atoms with E-state index in [1.54, 1.807) is 12.1 Å². The van der Waals surface area contributed by atoms with Crippen molar-refractivity contribution in [1.29, 1.82) is 0 Å². The first-order valence-electron chi connectivity index (χ1n) is 6.87. The minimum atomic E-state index is -0.394. The van der Waals surface area contributed by atoms with Crippen molar-refractivity contribution in [2.24, 2.45) is 0 Å². The lowest BCUT2D eigenvalue weighted by Gasteiger charge is -2.13. The molecule has 22 heavy (non-hydrogen) atoms. The van der Waals surface area contributed by atoms with E-state index in [0.29, 0.717) is 11.5 Å². The zero-order chi connectivity index (χ0) is 15.7. The van der Waals surface area contributed by atoms with E-state index in [1.807, 2.05) is 36.4 Å². The van der Waals surface area contributed by atoms with E-state index in [2.05, 4.69) is 0 Å². The maximum atomic E-state index is 11.5. The predicted octanol–water partition coefficient (Wildman–Crippen LogP) is 3.84. The number of hydrogen-bond acceptors (Lipinski definition) is 4. The molecule has 0 aromatic heterocycles. The summed E-state index contributed by atoms with van der Waals surface area (Å²) in [4.78, 5) is 22.7. The molecule has 3 rings (SSSR count). The van der Waals surface area contributed by atoms with Crippen LogP contribution in [0.5, 0.6) is 11.5 Å². The van der Waals surface area contributed by atoms with Crippen molar-refractivity contribution >= 4 is 33.5 Å². The third-order valence-electron chi connectivity index (χ3n) is 3.32. The van der Waals surface area contributed by atoms with E-state index in [4.69, 9.17) is 9.47 Å². The van der Waals surface area contributed by atoms with Crippen molar-refractivity contribution in [1.82, 2.24) is 0 Å². The molecule has 110 valence electrons. The van der Waals surface area contributed by atoms with E-state index in [-0.39, 0.29) is 0 Å². The zero-order valence-corrected chi connectivity index (χ0v) is 12.3. The molecule has 0 N–H and O–H groups in total. The van der Waals surface area contributed by atoms with E-state index in [9.17, 15) is 9.59 Å². The predicted molar refractivity (Wildman–Crippen MR) is 84.1 cm³/mol. The van der Waals surface area contributed by atoms with Crippen LogP contribution >= 0.6 is 0 Å². The fourth-order valence-corrected chi connectivity index (χ4v) is 2.52. The number of benzene rings is 3. The fourth-order valence-electron chi connectivity index (χ4n) is 2.52. The Kier molecular flexibility index (Phi) is 3.51. The minimum absolute atomic E-state index is 0.393. The summed E-state index contributed by atoms with van der Waals surface area (Å²) in [6.07, 6.45) is 0.